The van der Waals surface area contributed by atoms with Crippen LogP contribution in [0.1, 0.15) is 25.3 Å². The number of methoxy groups -OCH3 is 1. The van der Waals surface area contributed by atoms with E-state index >= 15 is 0 Å². The van der Waals surface area contributed by atoms with Gasteiger partial charge in [0.25, 0.3) is 6.04 Å². The molecule has 2 unspecified atom stereocenters. The molecule has 0 N–H and O–H groups in total. The Kier molecular flexibility index (Phi) is 5.44. The van der Waals surface area contributed by atoms with Gasteiger partial charge in [-0.05, 0) is 19.9 Å². The van der Waals surface area contributed by atoms with Crippen molar-refractivity contribution in [2.45, 2.75) is 25.8 Å². The quantitative estimate of drug-likeness (QED) is 0.348. The molecular weight excluding hydrogens is 412 g/mol. The molecule has 3 aromatic rings. The molecule has 0 saturated heterocycles. The molecule has 1 aromatic heterocycles. The van der Waals surface area contributed by atoms with Gasteiger partial charge >= 0.3 is 5.97 Å². The van der Waals surface area contributed by atoms with Gasteiger partial charge in [-0.3, -0.25) is 19.9 Å². The van der Waals surface area contributed by atoms with Crippen LogP contribution >= 0.6 is 0 Å². The fraction of sp³-hybridized carbons (Fsp3) is 0.208. The third kappa shape index (κ3) is 3.49. The minimum atomic E-state index is -1.32. The summed E-state index contributed by atoms with van der Waals surface area (Å²) >= 11 is 0. The number of carbonyl (C=O) groups excluding carboxylic acids is 1. The summed E-state index contributed by atoms with van der Waals surface area (Å²) in [5.41, 5.74) is 1.60. The van der Waals surface area contributed by atoms with Crippen molar-refractivity contribution in [3.63, 3.8) is 0 Å². The van der Waals surface area contributed by atoms with E-state index in [2.05, 4.69) is 4.99 Å². The lowest BCUT2D eigenvalue weighted by Crippen LogP contribution is -2.40. The molecule has 0 spiro atoms. The van der Waals surface area contributed by atoms with Crippen molar-refractivity contribution < 1.29 is 18.9 Å². The highest BCUT2D eigenvalue weighted by molar-refractivity contribution is 5.99. The maximum absolute atomic E-state index is 12.9. The first-order valence-electron chi connectivity index (χ1n) is 9.93. The summed E-state index contributed by atoms with van der Waals surface area (Å²) in [5, 5.41) is 12.3. The Balaban J connectivity index is 2.05. The van der Waals surface area contributed by atoms with E-state index in [9.17, 15) is 19.7 Å². The van der Waals surface area contributed by atoms with Crippen LogP contribution in [0.4, 0.5) is 0 Å². The average Bonchev–Trinajstić information content (AvgIpc) is 2.78. The molecule has 2 heterocycles. The van der Waals surface area contributed by atoms with Crippen LogP contribution in [0.15, 0.2) is 80.1 Å². The number of ether oxygens (including phenoxy) is 1. The van der Waals surface area contributed by atoms with Crippen molar-refractivity contribution in [3.8, 4) is 11.3 Å². The van der Waals surface area contributed by atoms with Crippen LogP contribution in [0.5, 0.6) is 0 Å². The van der Waals surface area contributed by atoms with E-state index < -0.39 is 22.9 Å². The molecule has 0 bridgehead atoms. The van der Waals surface area contributed by atoms with Gasteiger partial charge in [-0.15, -0.1) is 0 Å². The largest absolute Gasteiger partial charge is 0.466 e. The van der Waals surface area contributed by atoms with Crippen LogP contribution in [-0.4, -0.2) is 29.8 Å². The van der Waals surface area contributed by atoms with Crippen molar-refractivity contribution in [1.29, 1.82) is 0 Å². The lowest BCUT2D eigenvalue weighted by Gasteiger charge is -2.27. The highest BCUT2D eigenvalue weighted by Crippen LogP contribution is 2.40. The summed E-state index contributed by atoms with van der Waals surface area (Å²) in [5.74, 6) is -1.42. The Hall–Kier alpha value is -4.07. The number of rotatable bonds is 4. The zero-order valence-corrected chi connectivity index (χ0v) is 17.7. The van der Waals surface area contributed by atoms with Gasteiger partial charge in [-0.1, -0.05) is 42.5 Å². The number of hydrogen-bond donors (Lipinski definition) is 0. The summed E-state index contributed by atoms with van der Waals surface area (Å²) < 4.78 is 11.1. The number of fused-ring (bicyclic) bond motifs is 1. The van der Waals surface area contributed by atoms with Crippen molar-refractivity contribution >= 4 is 22.7 Å². The number of allylic oxidation sites excluding steroid dienone is 1. The molecule has 4 rings (SSSR count). The van der Waals surface area contributed by atoms with Gasteiger partial charge in [0.1, 0.15) is 11.3 Å². The molecule has 1 aliphatic heterocycles. The SMILES string of the molecule is COC(=O)C1=C(C)N=C(C)C([N+](=O)[O-])C1c1cccc2c(=O)cc(-c3ccccc3)oc12. The van der Waals surface area contributed by atoms with Gasteiger partial charge in [0, 0.05) is 27.8 Å². The maximum Gasteiger partial charge on any atom is 0.336 e. The van der Waals surface area contributed by atoms with Gasteiger partial charge in [0.05, 0.1) is 29.7 Å². The summed E-state index contributed by atoms with van der Waals surface area (Å²) in [7, 11) is 1.21. The van der Waals surface area contributed by atoms with Crippen molar-refractivity contribution in [2.24, 2.45) is 4.99 Å². The van der Waals surface area contributed by atoms with Gasteiger partial charge in [0.15, 0.2) is 5.43 Å². The van der Waals surface area contributed by atoms with Gasteiger partial charge in [0.2, 0.25) is 0 Å². The molecule has 2 atom stereocenters. The summed E-state index contributed by atoms with van der Waals surface area (Å²) in [4.78, 5) is 41.4. The molecule has 8 nitrogen and oxygen atoms in total. The Morgan fingerprint density at radius 2 is 1.84 bits per heavy atom. The predicted molar refractivity (Wildman–Crippen MR) is 119 cm³/mol. The third-order valence-corrected chi connectivity index (χ3v) is 5.60. The second-order valence-electron chi connectivity index (χ2n) is 7.52. The zero-order chi connectivity index (χ0) is 23.0. The summed E-state index contributed by atoms with van der Waals surface area (Å²) in [6.45, 7) is 3.16. The third-order valence-electron chi connectivity index (χ3n) is 5.60. The van der Waals surface area contributed by atoms with Crippen molar-refractivity contribution in [2.75, 3.05) is 7.11 Å². The van der Waals surface area contributed by atoms with Gasteiger partial charge < -0.3 is 9.15 Å². The van der Waals surface area contributed by atoms with E-state index in [4.69, 9.17) is 9.15 Å². The molecule has 162 valence electrons. The Labute approximate surface area is 183 Å². The van der Waals surface area contributed by atoms with Crippen LogP contribution < -0.4 is 5.43 Å². The minimum absolute atomic E-state index is 0.0695. The number of carbonyl (C=O) groups is 1. The van der Waals surface area contributed by atoms with E-state index in [1.807, 2.05) is 18.2 Å². The molecule has 0 amide bonds. The van der Waals surface area contributed by atoms with Crippen molar-refractivity contribution in [3.05, 3.63) is 91.8 Å². The topological polar surface area (TPSA) is 112 Å². The molecule has 2 aromatic carbocycles. The molecule has 0 aliphatic carbocycles. The smallest absolute Gasteiger partial charge is 0.336 e. The number of nitrogens with zero attached hydrogens (tertiary/aromatic N) is 2. The fourth-order valence-electron chi connectivity index (χ4n) is 4.19. The van der Waals surface area contributed by atoms with Crippen LogP contribution in [0.3, 0.4) is 0 Å². The lowest BCUT2D eigenvalue weighted by molar-refractivity contribution is -0.505. The molecule has 0 fully saturated rings. The number of nitro groups is 1. The first-order chi connectivity index (χ1) is 15.3. The van der Waals surface area contributed by atoms with E-state index in [1.165, 1.54) is 13.2 Å². The normalized spacial score (nSPS) is 18.4. The second-order valence-corrected chi connectivity index (χ2v) is 7.52. The average molecular weight is 432 g/mol. The molecule has 0 radical (unpaired) electrons. The first-order valence-corrected chi connectivity index (χ1v) is 9.93. The predicted octanol–water partition coefficient (Wildman–Crippen LogP) is 4.11. The Morgan fingerprint density at radius 1 is 1.12 bits per heavy atom. The number of para-hydroxylation sites is 1. The van der Waals surface area contributed by atoms with E-state index in [0.29, 0.717) is 22.6 Å². The second kappa shape index (κ2) is 8.22. The molecular formula is C24H20N2O6. The number of benzene rings is 2. The van der Waals surface area contributed by atoms with E-state index in [-0.39, 0.29) is 27.7 Å². The number of aliphatic imine (C=N–C) groups is 1. The van der Waals surface area contributed by atoms with Crippen molar-refractivity contribution in [1.82, 2.24) is 0 Å². The fourth-order valence-corrected chi connectivity index (χ4v) is 4.19. The Morgan fingerprint density at radius 3 is 2.50 bits per heavy atom. The first kappa shape index (κ1) is 21.2. The molecule has 8 heteroatoms. The van der Waals surface area contributed by atoms with Gasteiger partial charge in [-0.25, -0.2) is 4.79 Å². The standard InChI is InChI=1S/C24H20N2O6/c1-13-20(24(28)31-3)21(22(26(29)30)14(2)25-13)17-11-7-10-16-18(27)12-19(32-23(16)17)15-8-5-4-6-9-15/h4-12,21-22H,1-3H3. The monoisotopic (exact) mass is 432 g/mol. The van der Waals surface area contributed by atoms with Crippen LogP contribution in [0.25, 0.3) is 22.3 Å². The number of hydrogen-bond acceptors (Lipinski definition) is 7. The Bertz CT molecular complexity index is 1350. The number of esters is 1. The zero-order valence-electron chi connectivity index (χ0n) is 17.7. The molecule has 1 aliphatic rings. The summed E-state index contributed by atoms with van der Waals surface area (Å²) in [6, 6.07) is 14.0. The highest BCUT2D eigenvalue weighted by Gasteiger charge is 2.45. The van der Waals surface area contributed by atoms with E-state index in [1.54, 1.807) is 44.2 Å². The van der Waals surface area contributed by atoms with Crippen LogP contribution in [-0.2, 0) is 9.53 Å². The van der Waals surface area contributed by atoms with Crippen LogP contribution in [0, 0.1) is 10.1 Å². The minimum Gasteiger partial charge on any atom is -0.466 e. The molecule has 32 heavy (non-hydrogen) atoms. The summed E-state index contributed by atoms with van der Waals surface area (Å²) in [6.07, 6.45) is 0. The maximum atomic E-state index is 12.9. The lowest BCUT2D eigenvalue weighted by atomic mass is 9.79. The van der Waals surface area contributed by atoms with Crippen LogP contribution in [0.2, 0.25) is 0 Å². The highest BCUT2D eigenvalue weighted by atomic mass is 16.6. The van der Waals surface area contributed by atoms with E-state index in [0.717, 1.165) is 0 Å². The van der Waals surface area contributed by atoms with Gasteiger partial charge in [-0.2, -0.15) is 0 Å². The molecule has 0 saturated carbocycles.